The molecule has 0 fully saturated rings. The third kappa shape index (κ3) is 3.37. The lowest BCUT2D eigenvalue weighted by Crippen LogP contribution is -2.15. The summed E-state index contributed by atoms with van der Waals surface area (Å²) in [6.45, 7) is 1.99. The maximum atomic E-state index is 12.0. The number of carbonyl (C=O) groups excluding carboxylic acids is 1. The van der Waals surface area contributed by atoms with Crippen molar-refractivity contribution in [1.29, 1.82) is 0 Å². The van der Waals surface area contributed by atoms with E-state index in [1.54, 1.807) is 11.0 Å². The quantitative estimate of drug-likeness (QED) is 0.735. The van der Waals surface area contributed by atoms with Gasteiger partial charge in [0.25, 0.3) is 0 Å². The van der Waals surface area contributed by atoms with Crippen LogP contribution < -0.4 is 5.32 Å². The number of aromatic nitrogens is 4. The van der Waals surface area contributed by atoms with Gasteiger partial charge < -0.3 is 5.32 Å². The molecule has 3 aromatic rings. The van der Waals surface area contributed by atoms with Crippen LogP contribution in [0, 0.1) is 6.92 Å². The van der Waals surface area contributed by atoms with Crippen molar-refractivity contribution in [2.45, 2.75) is 12.1 Å². The zero-order valence-electron chi connectivity index (χ0n) is 12.0. The number of amides is 1. The summed E-state index contributed by atoms with van der Waals surface area (Å²) in [5.41, 5.74) is 1.91. The van der Waals surface area contributed by atoms with Gasteiger partial charge in [-0.3, -0.25) is 9.47 Å². The molecule has 0 aliphatic carbocycles. The first-order valence-corrected chi connectivity index (χ1v) is 7.74. The topological polar surface area (TPSA) is 64.7 Å². The van der Waals surface area contributed by atoms with Gasteiger partial charge in [0.2, 0.25) is 11.1 Å². The highest BCUT2D eigenvalue weighted by atomic mass is 32.2. The molecule has 6 nitrogen and oxygen atoms in total. The summed E-state index contributed by atoms with van der Waals surface area (Å²) in [6.07, 6.45) is 5.39. The highest BCUT2D eigenvalue weighted by Crippen LogP contribution is 2.16. The minimum absolute atomic E-state index is 0.0716. The van der Waals surface area contributed by atoms with E-state index in [-0.39, 0.29) is 11.7 Å². The number of nitrogens with zero attached hydrogens (tertiary/aromatic N) is 4. The zero-order valence-corrected chi connectivity index (χ0v) is 12.8. The SMILES string of the molecule is Cc1cccc(NC(=O)CSc2nncn2-n2cccc2)c1. The average molecular weight is 313 g/mol. The lowest BCUT2D eigenvalue weighted by Gasteiger charge is -2.08. The summed E-state index contributed by atoms with van der Waals surface area (Å²) < 4.78 is 3.63. The smallest absolute Gasteiger partial charge is 0.234 e. The number of hydrogen-bond acceptors (Lipinski definition) is 4. The molecule has 0 aliphatic rings. The van der Waals surface area contributed by atoms with Gasteiger partial charge in [-0.25, -0.2) is 4.68 Å². The third-order valence-corrected chi connectivity index (χ3v) is 3.91. The summed E-state index contributed by atoms with van der Waals surface area (Å²) in [5.74, 6) is 0.200. The van der Waals surface area contributed by atoms with Crippen LogP contribution in [0.5, 0.6) is 0 Å². The van der Waals surface area contributed by atoms with Gasteiger partial charge in [0.15, 0.2) is 0 Å². The van der Waals surface area contributed by atoms with Crippen molar-refractivity contribution in [2.24, 2.45) is 0 Å². The highest BCUT2D eigenvalue weighted by molar-refractivity contribution is 7.99. The van der Waals surface area contributed by atoms with Gasteiger partial charge in [0.1, 0.15) is 6.33 Å². The summed E-state index contributed by atoms with van der Waals surface area (Å²) in [5, 5.41) is 11.5. The van der Waals surface area contributed by atoms with Crippen LogP contribution in [-0.4, -0.2) is 31.2 Å². The largest absolute Gasteiger partial charge is 0.325 e. The Labute approximate surface area is 132 Å². The fourth-order valence-corrected chi connectivity index (χ4v) is 2.70. The molecule has 1 amide bonds. The van der Waals surface area contributed by atoms with Gasteiger partial charge in [-0.15, -0.1) is 10.2 Å². The van der Waals surface area contributed by atoms with Crippen LogP contribution >= 0.6 is 11.8 Å². The van der Waals surface area contributed by atoms with E-state index in [0.717, 1.165) is 11.3 Å². The molecule has 0 unspecified atom stereocenters. The predicted octanol–water partition coefficient (Wildman–Crippen LogP) is 2.43. The van der Waals surface area contributed by atoms with Crippen LogP contribution in [0.2, 0.25) is 0 Å². The summed E-state index contributed by atoms with van der Waals surface area (Å²) in [7, 11) is 0. The second-order valence-corrected chi connectivity index (χ2v) is 5.67. The van der Waals surface area contributed by atoms with Gasteiger partial charge in [0.05, 0.1) is 5.75 Å². The predicted molar refractivity (Wildman–Crippen MR) is 85.8 cm³/mol. The molecule has 0 spiro atoms. The maximum absolute atomic E-state index is 12.0. The van der Waals surface area contributed by atoms with Crippen LogP contribution in [0.1, 0.15) is 5.56 Å². The first kappa shape index (κ1) is 14.4. The molecule has 0 saturated carbocycles. The van der Waals surface area contributed by atoms with E-state index in [1.807, 2.05) is 60.4 Å². The van der Waals surface area contributed by atoms with E-state index in [2.05, 4.69) is 15.5 Å². The number of nitrogens with one attached hydrogen (secondary N) is 1. The molecule has 112 valence electrons. The summed E-state index contributed by atoms with van der Waals surface area (Å²) in [4.78, 5) is 12.0. The van der Waals surface area contributed by atoms with E-state index in [4.69, 9.17) is 0 Å². The Balaban J connectivity index is 1.61. The Kier molecular flexibility index (Phi) is 4.24. The molecule has 3 rings (SSSR count). The van der Waals surface area contributed by atoms with Crippen molar-refractivity contribution in [3.63, 3.8) is 0 Å². The van der Waals surface area contributed by atoms with Crippen molar-refractivity contribution in [2.75, 3.05) is 11.1 Å². The number of hydrogen-bond donors (Lipinski definition) is 1. The van der Waals surface area contributed by atoms with E-state index in [9.17, 15) is 4.79 Å². The first-order valence-electron chi connectivity index (χ1n) is 6.75. The van der Waals surface area contributed by atoms with Crippen LogP contribution in [0.4, 0.5) is 5.69 Å². The first-order chi connectivity index (χ1) is 10.7. The Morgan fingerprint density at radius 1 is 1.27 bits per heavy atom. The minimum Gasteiger partial charge on any atom is -0.325 e. The molecule has 2 heterocycles. The lowest BCUT2D eigenvalue weighted by molar-refractivity contribution is -0.113. The normalized spacial score (nSPS) is 10.6. The molecular weight excluding hydrogens is 298 g/mol. The van der Waals surface area contributed by atoms with Gasteiger partial charge in [0, 0.05) is 18.1 Å². The number of anilines is 1. The van der Waals surface area contributed by atoms with Crippen molar-refractivity contribution in [1.82, 2.24) is 19.5 Å². The Morgan fingerprint density at radius 2 is 2.09 bits per heavy atom. The van der Waals surface area contributed by atoms with Crippen LogP contribution in [-0.2, 0) is 4.79 Å². The molecule has 0 saturated heterocycles. The van der Waals surface area contributed by atoms with E-state index >= 15 is 0 Å². The van der Waals surface area contributed by atoms with Crippen molar-refractivity contribution in [3.05, 3.63) is 60.7 Å². The summed E-state index contributed by atoms with van der Waals surface area (Å²) in [6, 6.07) is 11.5. The monoisotopic (exact) mass is 313 g/mol. The molecule has 0 atom stereocenters. The second kappa shape index (κ2) is 6.48. The van der Waals surface area contributed by atoms with Crippen LogP contribution in [0.25, 0.3) is 0 Å². The fourth-order valence-electron chi connectivity index (χ4n) is 1.99. The maximum Gasteiger partial charge on any atom is 0.234 e. The Morgan fingerprint density at radius 3 is 2.86 bits per heavy atom. The lowest BCUT2D eigenvalue weighted by atomic mass is 10.2. The Bertz CT molecular complexity index is 766. The van der Waals surface area contributed by atoms with Gasteiger partial charge in [-0.05, 0) is 36.8 Å². The highest BCUT2D eigenvalue weighted by Gasteiger charge is 2.09. The Hall–Kier alpha value is -2.54. The van der Waals surface area contributed by atoms with Gasteiger partial charge in [-0.2, -0.15) is 0 Å². The number of thioether (sulfide) groups is 1. The molecule has 0 aliphatic heterocycles. The second-order valence-electron chi connectivity index (χ2n) is 4.73. The third-order valence-electron chi connectivity index (χ3n) is 2.97. The zero-order chi connectivity index (χ0) is 15.4. The number of carbonyl (C=O) groups is 1. The van der Waals surface area contributed by atoms with Crippen molar-refractivity contribution < 1.29 is 4.79 Å². The van der Waals surface area contributed by atoms with Gasteiger partial charge >= 0.3 is 0 Å². The average Bonchev–Trinajstić information content (AvgIpc) is 3.16. The molecule has 0 bridgehead atoms. The van der Waals surface area contributed by atoms with Crippen LogP contribution in [0.15, 0.2) is 60.3 Å². The number of aryl methyl sites for hydroxylation is 1. The molecular formula is C15H15N5OS. The minimum atomic E-state index is -0.0716. The molecule has 1 aromatic carbocycles. The molecule has 0 radical (unpaired) electrons. The van der Waals surface area contributed by atoms with E-state index in [1.165, 1.54) is 11.8 Å². The standard InChI is InChI=1S/C15H15N5OS/c1-12-5-4-6-13(9-12)17-14(21)10-22-15-18-16-11-20(15)19-7-2-3-8-19/h2-9,11H,10H2,1H3,(H,17,21). The van der Waals surface area contributed by atoms with E-state index < -0.39 is 0 Å². The fraction of sp³-hybridized carbons (Fsp3) is 0.133. The van der Waals surface area contributed by atoms with Crippen LogP contribution in [0.3, 0.4) is 0 Å². The van der Waals surface area contributed by atoms with Gasteiger partial charge in [-0.1, -0.05) is 23.9 Å². The molecule has 1 N–H and O–H groups in total. The molecule has 22 heavy (non-hydrogen) atoms. The summed E-state index contributed by atoms with van der Waals surface area (Å²) >= 11 is 1.34. The van der Waals surface area contributed by atoms with E-state index in [0.29, 0.717) is 5.16 Å². The molecule has 2 aromatic heterocycles. The number of rotatable bonds is 5. The molecule has 7 heteroatoms. The number of benzene rings is 1. The van der Waals surface area contributed by atoms with Crippen molar-refractivity contribution >= 4 is 23.4 Å². The van der Waals surface area contributed by atoms with Crippen molar-refractivity contribution in [3.8, 4) is 0 Å².